The molecular weight excluding hydrogens is 670 g/mol. The van der Waals surface area contributed by atoms with Crippen molar-refractivity contribution in [3.05, 3.63) is 35.9 Å². The van der Waals surface area contributed by atoms with Crippen molar-refractivity contribution in [1.82, 2.24) is 14.7 Å². The van der Waals surface area contributed by atoms with Crippen molar-refractivity contribution in [1.29, 1.82) is 0 Å². The number of likely N-dealkylation sites (N-methyl/N-ethyl adjacent to an activating group) is 1. The van der Waals surface area contributed by atoms with Crippen LogP contribution >= 0.6 is 0 Å². The second kappa shape index (κ2) is 21.3. The van der Waals surface area contributed by atoms with Gasteiger partial charge in [-0.1, -0.05) is 84.7 Å². The van der Waals surface area contributed by atoms with Crippen LogP contribution in [0.4, 0.5) is 0 Å². The van der Waals surface area contributed by atoms with Crippen LogP contribution in [-0.2, 0) is 39.8 Å². The number of hydrogen-bond acceptors (Lipinski definition) is 7. The van der Waals surface area contributed by atoms with Crippen molar-refractivity contribution in [3.8, 4) is 0 Å². The number of amides is 3. The van der Waals surface area contributed by atoms with Gasteiger partial charge in [0.05, 0.1) is 42.9 Å². The van der Waals surface area contributed by atoms with Crippen LogP contribution in [0.5, 0.6) is 0 Å². The summed E-state index contributed by atoms with van der Waals surface area (Å²) in [6.07, 6.45) is 3.77. The monoisotopic (exact) mass is 742 g/mol. The number of ether oxygens (including phenoxy) is 3. The van der Waals surface area contributed by atoms with Gasteiger partial charge in [-0.15, -0.1) is 0 Å². The summed E-state index contributed by atoms with van der Waals surface area (Å²) in [5.74, 6) is -0.685. The molecule has 0 N–H and O–H groups in total. The number of carbonyl (C=O) groups excluding carboxylic acids is 4. The van der Waals surface area contributed by atoms with Gasteiger partial charge in [0, 0.05) is 65.6 Å². The topological polar surface area (TPSA) is 106 Å². The Hall–Kier alpha value is -2.82. The molecule has 0 aliphatic carbocycles. The summed E-state index contributed by atoms with van der Waals surface area (Å²) in [6, 6.07) is 9.70. The standard InChI is InChI=1S/C43H71N3O7/c1-12-29(5)41(44(9)43(50)35(28(3)4)24-39(48)45-26-30(6)53-31(7)27-45)38(51-10)25-40(49)46-21-17-20-36(46)42(52-11)32(8)37(47)23-33(13-2)22-34-18-15-14-16-19-34/h14-16,18-19,28-33,35-36,38,41-42H,12-13,17,20-27H2,1-11H3/t29-,30-,31+,32-,33+,35-,36-,38+,41-,42+/m0/s1. The van der Waals surface area contributed by atoms with Crippen molar-refractivity contribution >= 4 is 23.5 Å². The Morgan fingerprint density at radius 1 is 0.887 bits per heavy atom. The van der Waals surface area contributed by atoms with Gasteiger partial charge in [-0.05, 0) is 56.4 Å². The number of morpholine rings is 1. The zero-order valence-electron chi connectivity index (χ0n) is 34.7. The number of benzene rings is 1. The molecule has 2 fully saturated rings. The van der Waals surface area contributed by atoms with Crippen LogP contribution in [0.3, 0.4) is 0 Å². The first kappa shape index (κ1) is 44.6. The summed E-state index contributed by atoms with van der Waals surface area (Å²) in [4.78, 5) is 61.2. The molecule has 1 aromatic rings. The Labute approximate surface area is 320 Å². The lowest BCUT2D eigenvalue weighted by Crippen LogP contribution is -2.54. The van der Waals surface area contributed by atoms with Gasteiger partial charge in [0.1, 0.15) is 5.78 Å². The van der Waals surface area contributed by atoms with Crippen molar-refractivity contribution in [2.75, 3.05) is 40.9 Å². The molecule has 10 heteroatoms. The molecule has 10 atom stereocenters. The van der Waals surface area contributed by atoms with E-state index in [-0.39, 0.29) is 84.3 Å². The first-order valence-electron chi connectivity index (χ1n) is 20.3. The molecule has 0 saturated carbocycles. The van der Waals surface area contributed by atoms with Crippen LogP contribution in [-0.4, -0.2) is 116 Å². The van der Waals surface area contributed by atoms with E-state index in [4.69, 9.17) is 14.2 Å². The molecule has 2 aliphatic rings. The number of methoxy groups -OCH3 is 2. The molecular formula is C43H71N3O7. The van der Waals surface area contributed by atoms with E-state index in [1.165, 1.54) is 5.56 Å². The summed E-state index contributed by atoms with van der Waals surface area (Å²) >= 11 is 0. The van der Waals surface area contributed by atoms with Gasteiger partial charge in [0.25, 0.3) is 0 Å². The van der Waals surface area contributed by atoms with Crippen LogP contribution in [0.15, 0.2) is 30.3 Å². The van der Waals surface area contributed by atoms with Gasteiger partial charge in [-0.3, -0.25) is 19.2 Å². The lowest BCUT2D eigenvalue weighted by molar-refractivity contribution is -0.152. The summed E-state index contributed by atoms with van der Waals surface area (Å²) in [5, 5.41) is 0. The van der Waals surface area contributed by atoms with Gasteiger partial charge in [-0.2, -0.15) is 0 Å². The third kappa shape index (κ3) is 12.1. The zero-order valence-corrected chi connectivity index (χ0v) is 34.7. The van der Waals surface area contributed by atoms with Gasteiger partial charge < -0.3 is 28.9 Å². The predicted octanol–water partition coefficient (Wildman–Crippen LogP) is 6.43. The molecule has 0 bridgehead atoms. The Balaban J connectivity index is 1.74. The van der Waals surface area contributed by atoms with Gasteiger partial charge in [-0.25, -0.2) is 0 Å². The molecule has 0 aromatic heterocycles. The fourth-order valence-electron chi connectivity index (χ4n) is 8.69. The summed E-state index contributed by atoms with van der Waals surface area (Å²) in [6.45, 7) is 17.8. The normalized spacial score (nSPS) is 23.2. The van der Waals surface area contributed by atoms with E-state index in [0.717, 1.165) is 32.1 Å². The summed E-state index contributed by atoms with van der Waals surface area (Å²) < 4.78 is 17.9. The van der Waals surface area contributed by atoms with Gasteiger partial charge in [0.2, 0.25) is 17.7 Å². The second-order valence-corrected chi connectivity index (χ2v) is 16.3. The van der Waals surface area contributed by atoms with Crippen molar-refractivity contribution < 1.29 is 33.4 Å². The summed E-state index contributed by atoms with van der Waals surface area (Å²) in [5.41, 5.74) is 1.23. The highest BCUT2D eigenvalue weighted by Crippen LogP contribution is 2.32. The van der Waals surface area contributed by atoms with E-state index in [0.29, 0.717) is 26.1 Å². The molecule has 2 heterocycles. The van der Waals surface area contributed by atoms with Crippen LogP contribution in [0.2, 0.25) is 0 Å². The third-order valence-corrected chi connectivity index (χ3v) is 12.1. The van der Waals surface area contributed by atoms with Crippen molar-refractivity contribution in [2.45, 2.75) is 143 Å². The molecule has 10 nitrogen and oxygen atoms in total. The highest BCUT2D eigenvalue weighted by Gasteiger charge is 2.43. The number of ketones is 1. The Morgan fingerprint density at radius 2 is 1.53 bits per heavy atom. The average molecular weight is 742 g/mol. The first-order chi connectivity index (χ1) is 25.2. The predicted molar refractivity (Wildman–Crippen MR) is 209 cm³/mol. The van der Waals surface area contributed by atoms with Crippen molar-refractivity contribution in [2.24, 2.45) is 29.6 Å². The number of nitrogens with zero attached hydrogens (tertiary/aromatic N) is 3. The average Bonchev–Trinajstić information content (AvgIpc) is 3.62. The molecule has 2 aliphatic heterocycles. The zero-order chi connectivity index (χ0) is 39.4. The number of likely N-dealkylation sites (tertiary alicyclic amines) is 1. The molecule has 2 saturated heterocycles. The molecule has 0 unspecified atom stereocenters. The third-order valence-electron chi connectivity index (χ3n) is 12.1. The summed E-state index contributed by atoms with van der Waals surface area (Å²) in [7, 11) is 5.04. The molecule has 0 radical (unpaired) electrons. The molecule has 300 valence electrons. The Bertz CT molecular complexity index is 1300. The van der Waals surface area contributed by atoms with Gasteiger partial charge >= 0.3 is 0 Å². The van der Waals surface area contributed by atoms with Crippen molar-refractivity contribution in [3.63, 3.8) is 0 Å². The Morgan fingerprint density at radius 3 is 2.08 bits per heavy atom. The van der Waals surface area contributed by atoms with Crippen LogP contribution < -0.4 is 0 Å². The van der Waals surface area contributed by atoms with Gasteiger partial charge in [0.15, 0.2) is 0 Å². The first-order valence-corrected chi connectivity index (χ1v) is 20.3. The maximum absolute atomic E-state index is 14.3. The number of Topliss-reactive ketones (excluding diaryl/α,β-unsaturated/α-hetero) is 1. The molecule has 1 aromatic carbocycles. The fourth-order valence-corrected chi connectivity index (χ4v) is 8.69. The molecule has 53 heavy (non-hydrogen) atoms. The minimum Gasteiger partial charge on any atom is -0.379 e. The van der Waals surface area contributed by atoms with E-state index in [9.17, 15) is 19.2 Å². The molecule has 3 rings (SSSR count). The highest BCUT2D eigenvalue weighted by molar-refractivity contribution is 5.86. The molecule has 3 amide bonds. The minimum absolute atomic E-state index is 0.0344. The smallest absolute Gasteiger partial charge is 0.226 e. The molecule has 0 spiro atoms. The second-order valence-electron chi connectivity index (χ2n) is 16.3. The minimum atomic E-state index is -0.555. The van der Waals surface area contributed by atoms with Crippen LogP contribution in [0.1, 0.15) is 106 Å². The van der Waals surface area contributed by atoms with E-state index in [1.807, 2.05) is 62.6 Å². The lowest BCUT2D eigenvalue weighted by atomic mass is 9.84. The largest absolute Gasteiger partial charge is 0.379 e. The number of rotatable bonds is 20. The van der Waals surface area contributed by atoms with Crippen LogP contribution in [0.25, 0.3) is 0 Å². The van der Waals surface area contributed by atoms with E-state index in [1.54, 1.807) is 26.2 Å². The maximum atomic E-state index is 14.3. The fraction of sp³-hybridized carbons (Fsp3) is 0.767. The SMILES string of the molecule is CC[C@@H](CC(=O)[C@H](C)[C@@H](OC)[C@@H]1CCCN1C(=O)C[C@@H](OC)[C@H]([C@@H](C)CC)N(C)C(=O)[C@@H](CC(=O)N1C[C@@H](C)O[C@@H](C)C1)C(C)C)Cc1ccccc1. The highest BCUT2D eigenvalue weighted by atomic mass is 16.5. The van der Waals surface area contributed by atoms with E-state index >= 15 is 0 Å². The number of hydrogen-bond donors (Lipinski definition) is 0. The van der Waals surface area contributed by atoms with E-state index < -0.39 is 18.1 Å². The van der Waals surface area contributed by atoms with Crippen LogP contribution in [0, 0.1) is 29.6 Å². The quantitative estimate of drug-likeness (QED) is 0.152. The van der Waals surface area contributed by atoms with E-state index in [2.05, 4.69) is 32.9 Å². The Kier molecular flexibility index (Phi) is 17.9. The lowest BCUT2D eigenvalue weighted by Gasteiger charge is -2.41. The number of carbonyl (C=O) groups is 4. The maximum Gasteiger partial charge on any atom is 0.226 e.